The number of hydrogen-bond acceptors (Lipinski definition) is 4. The van der Waals surface area contributed by atoms with Gasteiger partial charge in [-0.1, -0.05) is 30.1 Å². The highest BCUT2D eigenvalue weighted by atomic mass is 35.5. The number of nitriles is 1. The van der Waals surface area contributed by atoms with E-state index in [2.05, 4.69) is 38.0 Å². The van der Waals surface area contributed by atoms with Gasteiger partial charge >= 0.3 is 0 Å². The molecule has 1 heterocycles. The van der Waals surface area contributed by atoms with Crippen molar-refractivity contribution in [1.29, 1.82) is 5.26 Å². The fourth-order valence-corrected chi connectivity index (χ4v) is 4.27. The topological polar surface area (TPSA) is 65.4 Å². The third-order valence-corrected chi connectivity index (χ3v) is 6.57. The Labute approximate surface area is 193 Å². The first kappa shape index (κ1) is 23.0. The molecule has 0 radical (unpaired) electrons. The molecule has 0 aromatic heterocycles. The van der Waals surface area contributed by atoms with Crippen LogP contribution >= 0.6 is 23.2 Å². The second-order valence-electron chi connectivity index (χ2n) is 8.38. The summed E-state index contributed by atoms with van der Waals surface area (Å²) < 4.78 is 5.59. The molecular formula is C24H25Cl2N3O2. The lowest BCUT2D eigenvalue weighted by Gasteiger charge is -2.45. The summed E-state index contributed by atoms with van der Waals surface area (Å²) in [5.74, 6) is 0.396. The first-order chi connectivity index (χ1) is 14.6. The molecule has 0 saturated carbocycles. The van der Waals surface area contributed by atoms with E-state index in [-0.39, 0.29) is 11.1 Å². The van der Waals surface area contributed by atoms with Crippen molar-refractivity contribution < 1.29 is 9.53 Å². The molecule has 1 atom stereocenters. The average molecular weight is 458 g/mol. The molecular weight excluding hydrogens is 433 g/mol. The number of benzene rings is 2. The molecule has 7 heteroatoms. The number of anilines is 2. The Morgan fingerprint density at radius 3 is 2.61 bits per heavy atom. The van der Waals surface area contributed by atoms with Crippen molar-refractivity contribution in [2.24, 2.45) is 0 Å². The molecule has 3 rings (SSSR count). The lowest BCUT2D eigenvalue weighted by atomic mass is 9.80. The summed E-state index contributed by atoms with van der Waals surface area (Å²) in [7, 11) is 3.66. The molecule has 0 spiro atoms. The molecule has 2 aromatic carbocycles. The zero-order valence-corrected chi connectivity index (χ0v) is 19.7. The Kier molecular flexibility index (Phi) is 6.54. The minimum absolute atomic E-state index is 0.0202. The predicted molar refractivity (Wildman–Crippen MR) is 127 cm³/mol. The maximum atomic E-state index is 12.7. The van der Waals surface area contributed by atoms with E-state index < -0.39 is 5.91 Å². The predicted octanol–water partition coefficient (Wildman–Crippen LogP) is 6.27. The van der Waals surface area contributed by atoms with Crippen LogP contribution in [-0.2, 0) is 4.79 Å². The number of methoxy groups -OCH3 is 1. The van der Waals surface area contributed by atoms with Crippen molar-refractivity contribution in [1.82, 2.24) is 0 Å². The van der Waals surface area contributed by atoms with E-state index >= 15 is 0 Å². The number of nitrogens with one attached hydrogen (secondary N) is 1. The Bertz CT molecular complexity index is 1100. The number of amides is 1. The highest BCUT2D eigenvalue weighted by Crippen LogP contribution is 2.45. The van der Waals surface area contributed by atoms with E-state index in [0.29, 0.717) is 33.0 Å². The first-order valence-corrected chi connectivity index (χ1v) is 10.7. The molecule has 1 aliphatic heterocycles. The van der Waals surface area contributed by atoms with Crippen LogP contribution in [0.1, 0.15) is 44.2 Å². The van der Waals surface area contributed by atoms with Crippen molar-refractivity contribution in [3.8, 4) is 11.8 Å². The van der Waals surface area contributed by atoms with Crippen molar-refractivity contribution in [2.75, 3.05) is 24.4 Å². The molecule has 1 aliphatic rings. The monoisotopic (exact) mass is 457 g/mol. The summed E-state index contributed by atoms with van der Waals surface area (Å²) in [6, 6.07) is 10.7. The number of fused-ring (bicyclic) bond motifs is 1. The van der Waals surface area contributed by atoms with E-state index in [0.717, 1.165) is 17.7 Å². The first-order valence-electron chi connectivity index (χ1n) is 9.91. The van der Waals surface area contributed by atoms with E-state index in [9.17, 15) is 10.1 Å². The fourth-order valence-electron chi connectivity index (χ4n) is 3.98. The number of halogens is 2. The molecule has 2 aromatic rings. The Morgan fingerprint density at radius 1 is 1.29 bits per heavy atom. The van der Waals surface area contributed by atoms with E-state index in [1.54, 1.807) is 25.3 Å². The van der Waals surface area contributed by atoms with Crippen molar-refractivity contribution in [3.05, 3.63) is 57.1 Å². The number of nitrogens with zero attached hydrogens (tertiary/aromatic N) is 2. The van der Waals surface area contributed by atoms with Crippen molar-refractivity contribution in [3.63, 3.8) is 0 Å². The number of ether oxygens (including phenoxy) is 1. The smallest absolute Gasteiger partial charge is 0.266 e. The number of carbonyl (C=O) groups is 1. The summed E-state index contributed by atoms with van der Waals surface area (Å²) in [6.45, 7) is 6.62. The van der Waals surface area contributed by atoms with Crippen LogP contribution in [0.5, 0.6) is 5.75 Å². The number of hydrogen-bond donors (Lipinski definition) is 1. The van der Waals surface area contributed by atoms with Gasteiger partial charge in [0, 0.05) is 35.6 Å². The zero-order chi connectivity index (χ0) is 22.9. The zero-order valence-electron chi connectivity index (χ0n) is 18.2. The number of rotatable bonds is 4. The van der Waals surface area contributed by atoms with Gasteiger partial charge in [0.05, 0.1) is 17.2 Å². The Hall–Kier alpha value is -2.68. The third-order valence-electron chi connectivity index (χ3n) is 5.83. The minimum atomic E-state index is -0.535. The van der Waals surface area contributed by atoms with Gasteiger partial charge < -0.3 is 15.0 Å². The summed E-state index contributed by atoms with van der Waals surface area (Å²) >= 11 is 11.9. The minimum Gasteiger partial charge on any atom is -0.496 e. The maximum Gasteiger partial charge on any atom is 0.266 e. The highest BCUT2D eigenvalue weighted by Gasteiger charge is 2.34. The maximum absolute atomic E-state index is 12.7. The molecule has 31 heavy (non-hydrogen) atoms. The molecule has 1 N–H and O–H groups in total. The van der Waals surface area contributed by atoms with Gasteiger partial charge in [0.2, 0.25) is 0 Å². The van der Waals surface area contributed by atoms with Gasteiger partial charge in [-0.2, -0.15) is 5.26 Å². The van der Waals surface area contributed by atoms with E-state index in [4.69, 9.17) is 27.9 Å². The summed E-state index contributed by atoms with van der Waals surface area (Å²) in [5, 5.41) is 13.0. The molecule has 0 fully saturated rings. The summed E-state index contributed by atoms with van der Waals surface area (Å²) in [4.78, 5) is 15.0. The molecule has 1 unspecified atom stereocenters. The molecule has 5 nitrogen and oxygen atoms in total. The van der Waals surface area contributed by atoms with Crippen LogP contribution in [0.25, 0.3) is 6.08 Å². The van der Waals surface area contributed by atoms with Crippen molar-refractivity contribution >= 4 is 46.6 Å². The fraction of sp³-hybridized carbons (Fsp3) is 0.333. The Balaban J connectivity index is 1.98. The van der Waals surface area contributed by atoms with Crippen LogP contribution in [0.15, 0.2) is 35.9 Å². The summed E-state index contributed by atoms with van der Waals surface area (Å²) in [6.07, 6.45) is 2.55. The van der Waals surface area contributed by atoms with Crippen molar-refractivity contribution in [2.45, 2.75) is 38.6 Å². The Morgan fingerprint density at radius 2 is 2.00 bits per heavy atom. The number of carbonyl (C=O) groups excluding carboxylic acids is 1. The van der Waals surface area contributed by atoms with E-state index in [1.807, 2.05) is 18.2 Å². The largest absolute Gasteiger partial charge is 0.496 e. The van der Waals surface area contributed by atoms with Gasteiger partial charge in [-0.05, 0) is 62.1 Å². The van der Waals surface area contributed by atoms with Crippen LogP contribution in [0, 0.1) is 11.3 Å². The normalized spacial score (nSPS) is 17.5. The lowest BCUT2D eigenvalue weighted by Crippen LogP contribution is -2.45. The molecule has 0 bridgehead atoms. The average Bonchev–Trinajstić information content (AvgIpc) is 2.72. The quantitative estimate of drug-likeness (QED) is 0.433. The standard InChI is InChI=1S/C24H25Cl2N3O2/c1-14-12-24(2,3)29(4)21-11-22(31-5)15(9-18(14)21)8-16(13-27)23(30)28-17-6-7-19(25)20(26)10-17/h6-11,14H,12H2,1-5H3,(H,28,30)/b16-8+. The van der Waals surface area contributed by atoms with Crippen LogP contribution in [0.2, 0.25) is 10.0 Å². The highest BCUT2D eigenvalue weighted by molar-refractivity contribution is 6.42. The molecule has 162 valence electrons. The molecule has 0 saturated heterocycles. The van der Waals surface area contributed by atoms with Gasteiger partial charge in [-0.15, -0.1) is 0 Å². The van der Waals surface area contributed by atoms with Gasteiger partial charge in [-0.3, -0.25) is 4.79 Å². The second kappa shape index (κ2) is 8.82. The van der Waals surface area contributed by atoms with E-state index in [1.165, 1.54) is 6.07 Å². The van der Waals surface area contributed by atoms with Gasteiger partial charge in [0.15, 0.2) is 0 Å². The lowest BCUT2D eigenvalue weighted by molar-refractivity contribution is -0.112. The van der Waals surface area contributed by atoms with Gasteiger partial charge in [0.1, 0.15) is 17.4 Å². The second-order valence-corrected chi connectivity index (χ2v) is 9.20. The van der Waals surface area contributed by atoms with Crippen LogP contribution in [-0.4, -0.2) is 25.6 Å². The third kappa shape index (κ3) is 4.66. The molecule has 1 amide bonds. The van der Waals surface area contributed by atoms with Crippen LogP contribution in [0.3, 0.4) is 0 Å². The van der Waals surface area contributed by atoms with Crippen LogP contribution in [0.4, 0.5) is 11.4 Å². The van der Waals surface area contributed by atoms with Gasteiger partial charge in [-0.25, -0.2) is 0 Å². The SMILES string of the molecule is COc1cc2c(cc1/C=C(\C#N)C(=O)Nc1ccc(Cl)c(Cl)c1)C(C)CC(C)(C)N2C. The van der Waals surface area contributed by atoms with Crippen LogP contribution < -0.4 is 15.0 Å². The summed E-state index contributed by atoms with van der Waals surface area (Å²) in [5.41, 5.74) is 3.37. The molecule has 0 aliphatic carbocycles. The van der Waals surface area contributed by atoms with Gasteiger partial charge in [0.25, 0.3) is 5.91 Å².